The van der Waals surface area contributed by atoms with Crippen LogP contribution in [-0.4, -0.2) is 31.9 Å². The molecular formula is C20H23N7OS. The monoisotopic (exact) mass is 409 g/mol. The highest BCUT2D eigenvalue weighted by Crippen LogP contribution is 2.28. The molecular weight excluding hydrogens is 386 g/mol. The van der Waals surface area contributed by atoms with Gasteiger partial charge in [0.1, 0.15) is 5.82 Å². The quantitative estimate of drug-likeness (QED) is 0.376. The average molecular weight is 410 g/mol. The van der Waals surface area contributed by atoms with E-state index in [1.165, 1.54) is 6.08 Å². The maximum atomic E-state index is 11.9. The molecule has 0 atom stereocenters. The molecule has 3 N–H and O–H groups in total. The minimum absolute atomic E-state index is 0.154. The van der Waals surface area contributed by atoms with E-state index >= 15 is 0 Å². The number of benzene rings is 1. The Morgan fingerprint density at radius 3 is 2.76 bits per heavy atom. The van der Waals surface area contributed by atoms with E-state index in [4.69, 9.17) is 0 Å². The van der Waals surface area contributed by atoms with E-state index in [1.54, 1.807) is 28.8 Å². The Hall–Kier alpha value is -3.33. The molecule has 29 heavy (non-hydrogen) atoms. The van der Waals surface area contributed by atoms with E-state index in [0.717, 1.165) is 22.7 Å². The zero-order chi connectivity index (χ0) is 20.6. The van der Waals surface area contributed by atoms with Crippen molar-refractivity contribution in [3.05, 3.63) is 55.0 Å². The number of nitrogens with zero attached hydrogens (tertiary/aromatic N) is 4. The van der Waals surface area contributed by atoms with Crippen molar-refractivity contribution in [1.82, 2.24) is 19.7 Å². The fourth-order valence-electron chi connectivity index (χ4n) is 2.51. The normalized spacial score (nSPS) is 10.9. The SMILES string of the molecule is CC/C=C/C(=O)Nc1cccc(Nc2nc(Nc3cnn(C)c3)ncc2SC)c1. The molecule has 3 rings (SSSR count). The second-order valence-electron chi connectivity index (χ2n) is 6.14. The molecule has 0 spiro atoms. The van der Waals surface area contributed by atoms with Crippen LogP contribution in [0, 0.1) is 0 Å². The lowest BCUT2D eigenvalue weighted by molar-refractivity contribution is -0.111. The fraction of sp³-hybridized carbons (Fsp3) is 0.200. The van der Waals surface area contributed by atoms with Crippen LogP contribution >= 0.6 is 11.8 Å². The molecule has 2 aromatic heterocycles. The number of nitrogens with one attached hydrogen (secondary N) is 3. The zero-order valence-corrected chi connectivity index (χ0v) is 17.3. The number of rotatable bonds is 8. The fourth-order valence-corrected chi connectivity index (χ4v) is 2.95. The summed E-state index contributed by atoms with van der Waals surface area (Å²) in [6.45, 7) is 1.98. The van der Waals surface area contributed by atoms with Crippen LogP contribution in [0.3, 0.4) is 0 Å². The number of aryl methyl sites for hydroxylation is 1. The third kappa shape index (κ3) is 5.82. The first-order valence-corrected chi connectivity index (χ1v) is 10.3. The van der Waals surface area contributed by atoms with Gasteiger partial charge >= 0.3 is 0 Å². The molecule has 0 saturated carbocycles. The highest BCUT2D eigenvalue weighted by Gasteiger charge is 2.09. The number of carbonyl (C=O) groups excluding carboxylic acids is 1. The van der Waals surface area contributed by atoms with Crippen LogP contribution in [0.1, 0.15) is 13.3 Å². The smallest absolute Gasteiger partial charge is 0.248 e. The summed E-state index contributed by atoms with van der Waals surface area (Å²) in [6.07, 6.45) is 11.5. The molecule has 0 fully saturated rings. The third-order valence-corrected chi connectivity index (χ3v) is 4.57. The lowest BCUT2D eigenvalue weighted by Gasteiger charge is -2.12. The van der Waals surface area contributed by atoms with Gasteiger partial charge < -0.3 is 16.0 Å². The summed E-state index contributed by atoms with van der Waals surface area (Å²) < 4.78 is 1.70. The Labute approximate surface area is 173 Å². The van der Waals surface area contributed by atoms with Crippen LogP contribution in [-0.2, 0) is 11.8 Å². The molecule has 150 valence electrons. The van der Waals surface area contributed by atoms with Gasteiger partial charge in [-0.25, -0.2) is 4.98 Å². The van der Waals surface area contributed by atoms with E-state index in [9.17, 15) is 4.79 Å². The third-order valence-electron chi connectivity index (χ3n) is 3.83. The maximum absolute atomic E-state index is 11.9. The number of hydrogen-bond acceptors (Lipinski definition) is 7. The zero-order valence-electron chi connectivity index (χ0n) is 16.5. The molecule has 1 amide bonds. The predicted molar refractivity (Wildman–Crippen MR) is 118 cm³/mol. The summed E-state index contributed by atoms with van der Waals surface area (Å²) >= 11 is 1.55. The molecule has 0 saturated heterocycles. The van der Waals surface area contributed by atoms with Gasteiger partial charge in [0.05, 0.1) is 16.8 Å². The average Bonchev–Trinajstić information content (AvgIpc) is 3.11. The van der Waals surface area contributed by atoms with E-state index < -0.39 is 0 Å². The minimum Gasteiger partial charge on any atom is -0.339 e. The molecule has 0 bridgehead atoms. The molecule has 3 aromatic rings. The summed E-state index contributed by atoms with van der Waals surface area (Å²) in [5, 5.41) is 13.4. The molecule has 8 nitrogen and oxygen atoms in total. The van der Waals surface area contributed by atoms with Gasteiger partial charge in [-0.05, 0) is 37.0 Å². The first kappa shape index (κ1) is 20.4. The Bertz CT molecular complexity index is 1020. The highest BCUT2D eigenvalue weighted by molar-refractivity contribution is 7.98. The van der Waals surface area contributed by atoms with Gasteiger partial charge in [-0.3, -0.25) is 9.48 Å². The van der Waals surface area contributed by atoms with Crippen LogP contribution in [0.25, 0.3) is 0 Å². The van der Waals surface area contributed by atoms with Gasteiger partial charge in [0, 0.05) is 30.8 Å². The topological polar surface area (TPSA) is 96.8 Å². The van der Waals surface area contributed by atoms with Gasteiger partial charge in [-0.2, -0.15) is 10.1 Å². The Balaban J connectivity index is 1.77. The summed E-state index contributed by atoms with van der Waals surface area (Å²) in [5.41, 5.74) is 2.32. The van der Waals surface area contributed by atoms with Crippen molar-refractivity contribution in [1.29, 1.82) is 0 Å². The van der Waals surface area contributed by atoms with Gasteiger partial charge in [-0.15, -0.1) is 11.8 Å². The number of carbonyl (C=O) groups is 1. The molecule has 0 unspecified atom stereocenters. The highest BCUT2D eigenvalue weighted by atomic mass is 32.2. The Kier molecular flexibility index (Phi) is 6.85. The van der Waals surface area contributed by atoms with E-state index in [-0.39, 0.29) is 5.91 Å². The van der Waals surface area contributed by atoms with Crippen LogP contribution < -0.4 is 16.0 Å². The number of aromatic nitrogens is 4. The van der Waals surface area contributed by atoms with Crippen molar-refractivity contribution in [2.75, 3.05) is 22.2 Å². The van der Waals surface area contributed by atoms with Crippen molar-refractivity contribution < 1.29 is 4.79 Å². The lowest BCUT2D eigenvalue weighted by Crippen LogP contribution is -2.08. The van der Waals surface area contributed by atoms with Crippen LogP contribution in [0.5, 0.6) is 0 Å². The first-order valence-electron chi connectivity index (χ1n) is 9.08. The van der Waals surface area contributed by atoms with Gasteiger partial charge in [0.25, 0.3) is 0 Å². The lowest BCUT2D eigenvalue weighted by atomic mass is 10.2. The number of hydrogen-bond donors (Lipinski definition) is 3. The predicted octanol–water partition coefficient (Wildman–Crippen LogP) is 4.32. The van der Waals surface area contributed by atoms with Crippen LogP contribution in [0.4, 0.5) is 28.8 Å². The van der Waals surface area contributed by atoms with Crippen LogP contribution in [0.2, 0.25) is 0 Å². The second-order valence-corrected chi connectivity index (χ2v) is 6.99. The van der Waals surface area contributed by atoms with Crippen molar-refractivity contribution in [2.24, 2.45) is 7.05 Å². The molecule has 0 aliphatic carbocycles. The largest absolute Gasteiger partial charge is 0.339 e. The van der Waals surface area contributed by atoms with Gasteiger partial charge in [0.15, 0.2) is 0 Å². The Morgan fingerprint density at radius 2 is 2.03 bits per heavy atom. The molecule has 0 radical (unpaired) electrons. The maximum Gasteiger partial charge on any atom is 0.248 e. The minimum atomic E-state index is -0.154. The molecule has 0 aliphatic rings. The first-order chi connectivity index (χ1) is 14.1. The van der Waals surface area contributed by atoms with Crippen molar-refractivity contribution in [3.8, 4) is 0 Å². The van der Waals surface area contributed by atoms with E-state index in [1.807, 2.05) is 56.8 Å². The molecule has 1 aromatic carbocycles. The number of amides is 1. The van der Waals surface area contributed by atoms with Gasteiger partial charge in [0.2, 0.25) is 11.9 Å². The molecule has 0 aliphatic heterocycles. The number of thioether (sulfide) groups is 1. The van der Waals surface area contributed by atoms with Gasteiger partial charge in [-0.1, -0.05) is 19.1 Å². The standard InChI is InChI=1S/C20H23N7OS/c1-4-5-9-18(28)23-14-7-6-8-15(10-14)24-19-17(29-3)12-21-20(26-19)25-16-11-22-27(2)13-16/h5-13H,4H2,1-3H3,(H,23,28)(H2,21,24,25,26)/b9-5+. The van der Waals surface area contributed by atoms with Crippen LogP contribution in [0.15, 0.2) is 59.9 Å². The van der Waals surface area contributed by atoms with E-state index in [2.05, 4.69) is 31.0 Å². The summed E-state index contributed by atoms with van der Waals surface area (Å²) in [4.78, 5) is 21.8. The second kappa shape index (κ2) is 9.74. The summed E-state index contributed by atoms with van der Waals surface area (Å²) in [5.74, 6) is 0.986. The van der Waals surface area contributed by atoms with E-state index in [0.29, 0.717) is 17.5 Å². The number of allylic oxidation sites excluding steroid dienone is 1. The summed E-state index contributed by atoms with van der Waals surface area (Å²) in [7, 11) is 1.85. The summed E-state index contributed by atoms with van der Waals surface area (Å²) in [6, 6.07) is 7.49. The molecule has 2 heterocycles. The van der Waals surface area contributed by atoms with Crippen molar-refractivity contribution >= 4 is 46.5 Å². The Morgan fingerprint density at radius 1 is 1.21 bits per heavy atom. The van der Waals surface area contributed by atoms with Crippen molar-refractivity contribution in [2.45, 2.75) is 18.2 Å². The molecule has 9 heteroatoms. The number of anilines is 5. The van der Waals surface area contributed by atoms with Crippen molar-refractivity contribution in [3.63, 3.8) is 0 Å².